The van der Waals surface area contributed by atoms with Gasteiger partial charge in [0.25, 0.3) is 0 Å². The lowest BCUT2D eigenvalue weighted by molar-refractivity contribution is 0.481. The Morgan fingerprint density at radius 3 is 1.08 bits per heavy atom. The highest BCUT2D eigenvalue weighted by Gasteiger charge is 2.45. The topological polar surface area (TPSA) is 74.8 Å². The first-order valence-corrected chi connectivity index (χ1v) is 11.0. The standard InChI is InChI=1S/C18H24N2O4S2/c1-19(2)25(21,22)17(15-11-7-5-8-12-15)18(26(23,24)20(3)4)16-13-9-6-10-14-16/h5-14,17-18H,1-4H3/t17-,18-/m1/s1. The molecule has 0 radical (unpaired) electrons. The molecule has 2 rings (SSSR count). The van der Waals surface area contributed by atoms with Gasteiger partial charge in [-0.1, -0.05) is 60.7 Å². The first-order valence-electron chi connectivity index (χ1n) is 8.02. The molecule has 0 aliphatic rings. The highest BCUT2D eigenvalue weighted by atomic mass is 32.2. The summed E-state index contributed by atoms with van der Waals surface area (Å²) in [6.07, 6.45) is 0. The normalized spacial score (nSPS) is 15.2. The molecule has 0 aromatic heterocycles. The molecule has 0 heterocycles. The number of benzene rings is 2. The maximum Gasteiger partial charge on any atom is 0.222 e. The largest absolute Gasteiger partial charge is 0.222 e. The van der Waals surface area contributed by atoms with E-state index in [1.165, 1.54) is 28.2 Å². The van der Waals surface area contributed by atoms with Gasteiger partial charge < -0.3 is 0 Å². The molecule has 0 fully saturated rings. The SMILES string of the molecule is CN(C)S(=O)(=O)[C@H](c1ccccc1)[C@@H](c1ccccc1)S(=O)(=O)N(C)C. The Labute approximate surface area is 156 Å². The molecular weight excluding hydrogens is 372 g/mol. The third-order valence-electron chi connectivity index (χ3n) is 4.19. The molecule has 6 nitrogen and oxygen atoms in total. The van der Waals surface area contributed by atoms with Crippen LogP contribution in [0, 0.1) is 0 Å². The number of hydrogen-bond donors (Lipinski definition) is 0. The predicted molar refractivity (Wildman–Crippen MR) is 104 cm³/mol. The first-order chi connectivity index (χ1) is 12.1. The van der Waals surface area contributed by atoms with Crippen molar-refractivity contribution >= 4 is 20.0 Å². The van der Waals surface area contributed by atoms with Crippen molar-refractivity contribution in [2.24, 2.45) is 0 Å². The zero-order chi connectivity index (χ0) is 19.5. The van der Waals surface area contributed by atoms with Crippen LogP contribution < -0.4 is 0 Å². The van der Waals surface area contributed by atoms with Crippen molar-refractivity contribution < 1.29 is 16.8 Å². The Hall–Kier alpha value is -1.74. The van der Waals surface area contributed by atoms with Crippen LogP contribution in [0.1, 0.15) is 21.6 Å². The molecule has 0 spiro atoms. The van der Waals surface area contributed by atoms with Gasteiger partial charge in [-0.2, -0.15) is 0 Å². The molecule has 142 valence electrons. The van der Waals surface area contributed by atoms with Crippen molar-refractivity contribution in [3.05, 3.63) is 71.8 Å². The Kier molecular flexibility index (Phi) is 6.23. The molecular formula is C18H24N2O4S2. The number of sulfonamides is 2. The lowest BCUT2D eigenvalue weighted by Gasteiger charge is -2.31. The molecule has 2 aromatic carbocycles. The summed E-state index contributed by atoms with van der Waals surface area (Å²) >= 11 is 0. The molecule has 0 unspecified atom stereocenters. The lowest BCUT2D eigenvalue weighted by Crippen LogP contribution is -2.38. The van der Waals surface area contributed by atoms with Crippen molar-refractivity contribution in [1.82, 2.24) is 8.61 Å². The van der Waals surface area contributed by atoms with E-state index in [9.17, 15) is 16.8 Å². The summed E-state index contributed by atoms with van der Waals surface area (Å²) in [5.74, 6) is 0. The monoisotopic (exact) mass is 396 g/mol. The van der Waals surface area contributed by atoms with Gasteiger partial charge in [0.15, 0.2) is 0 Å². The van der Waals surface area contributed by atoms with E-state index in [1.807, 2.05) is 0 Å². The van der Waals surface area contributed by atoms with Crippen LogP contribution in [0.15, 0.2) is 60.7 Å². The fraction of sp³-hybridized carbons (Fsp3) is 0.333. The van der Waals surface area contributed by atoms with Gasteiger partial charge in [-0.3, -0.25) is 0 Å². The van der Waals surface area contributed by atoms with E-state index in [1.54, 1.807) is 60.7 Å². The summed E-state index contributed by atoms with van der Waals surface area (Å²) in [6.45, 7) is 0. The van der Waals surface area contributed by atoms with Crippen LogP contribution in [0.2, 0.25) is 0 Å². The maximum atomic E-state index is 13.2. The Bertz CT molecular complexity index is 846. The average molecular weight is 397 g/mol. The third kappa shape index (κ3) is 3.98. The summed E-state index contributed by atoms with van der Waals surface area (Å²) in [7, 11) is -2.21. The molecule has 26 heavy (non-hydrogen) atoms. The van der Waals surface area contributed by atoms with Crippen LogP contribution >= 0.6 is 0 Å². The van der Waals surface area contributed by atoms with Gasteiger partial charge in [-0.05, 0) is 11.1 Å². The summed E-state index contributed by atoms with van der Waals surface area (Å²) in [4.78, 5) is 0. The molecule has 0 saturated carbocycles. The first kappa shape index (κ1) is 20.6. The van der Waals surface area contributed by atoms with Gasteiger partial charge in [0, 0.05) is 28.2 Å². The quantitative estimate of drug-likeness (QED) is 0.719. The van der Waals surface area contributed by atoms with E-state index in [0.717, 1.165) is 8.61 Å². The van der Waals surface area contributed by atoms with Crippen LogP contribution in [0.5, 0.6) is 0 Å². The zero-order valence-electron chi connectivity index (χ0n) is 15.3. The average Bonchev–Trinajstić information content (AvgIpc) is 2.60. The zero-order valence-corrected chi connectivity index (χ0v) is 16.9. The van der Waals surface area contributed by atoms with Crippen molar-refractivity contribution in [2.75, 3.05) is 28.2 Å². The van der Waals surface area contributed by atoms with Gasteiger partial charge in [0.2, 0.25) is 20.0 Å². The van der Waals surface area contributed by atoms with E-state index in [-0.39, 0.29) is 0 Å². The lowest BCUT2D eigenvalue weighted by atomic mass is 10.0. The van der Waals surface area contributed by atoms with Crippen LogP contribution in [-0.4, -0.2) is 53.6 Å². The van der Waals surface area contributed by atoms with E-state index >= 15 is 0 Å². The fourth-order valence-corrected chi connectivity index (χ4v) is 6.44. The van der Waals surface area contributed by atoms with Crippen LogP contribution in [-0.2, 0) is 20.0 Å². The minimum Gasteiger partial charge on any atom is -0.212 e. The number of nitrogens with zero attached hydrogens (tertiary/aromatic N) is 2. The smallest absolute Gasteiger partial charge is 0.212 e. The van der Waals surface area contributed by atoms with Crippen molar-refractivity contribution in [2.45, 2.75) is 10.5 Å². The maximum absolute atomic E-state index is 13.2. The second-order valence-electron chi connectivity index (χ2n) is 6.32. The molecule has 0 N–H and O–H groups in total. The highest BCUT2D eigenvalue weighted by Crippen LogP contribution is 2.42. The summed E-state index contributed by atoms with van der Waals surface area (Å²) in [5, 5.41) is -2.54. The van der Waals surface area contributed by atoms with E-state index < -0.39 is 30.5 Å². The number of rotatable bonds is 7. The second-order valence-corrected chi connectivity index (χ2v) is 10.9. The predicted octanol–water partition coefficient (Wildman–Crippen LogP) is 2.25. The van der Waals surface area contributed by atoms with Gasteiger partial charge in [0.1, 0.15) is 10.5 Å². The summed E-state index contributed by atoms with van der Waals surface area (Å²) in [5.41, 5.74) is 0.862. The molecule has 2 aromatic rings. The second kappa shape index (κ2) is 7.87. The van der Waals surface area contributed by atoms with Gasteiger partial charge >= 0.3 is 0 Å². The van der Waals surface area contributed by atoms with E-state index in [0.29, 0.717) is 11.1 Å². The van der Waals surface area contributed by atoms with Gasteiger partial charge in [-0.15, -0.1) is 0 Å². The molecule has 0 bridgehead atoms. The summed E-state index contributed by atoms with van der Waals surface area (Å²) in [6, 6.07) is 16.9. The number of hydrogen-bond acceptors (Lipinski definition) is 4. The molecule has 0 aliphatic carbocycles. The van der Waals surface area contributed by atoms with Crippen LogP contribution in [0.25, 0.3) is 0 Å². The molecule has 0 saturated heterocycles. The third-order valence-corrected chi connectivity index (χ3v) is 8.77. The molecule has 8 heteroatoms. The minimum absolute atomic E-state index is 0.431. The van der Waals surface area contributed by atoms with E-state index in [4.69, 9.17) is 0 Å². The Morgan fingerprint density at radius 2 is 0.846 bits per heavy atom. The fourth-order valence-electron chi connectivity index (χ4n) is 2.75. The summed E-state index contributed by atoms with van der Waals surface area (Å²) < 4.78 is 54.8. The molecule has 2 atom stereocenters. The Morgan fingerprint density at radius 1 is 0.577 bits per heavy atom. The van der Waals surface area contributed by atoms with Crippen LogP contribution in [0.3, 0.4) is 0 Å². The van der Waals surface area contributed by atoms with Gasteiger partial charge in [-0.25, -0.2) is 25.4 Å². The minimum atomic E-state index is -3.93. The van der Waals surface area contributed by atoms with Crippen LogP contribution in [0.4, 0.5) is 0 Å². The van der Waals surface area contributed by atoms with Crippen molar-refractivity contribution in [3.8, 4) is 0 Å². The van der Waals surface area contributed by atoms with Crippen molar-refractivity contribution in [1.29, 1.82) is 0 Å². The molecule has 0 amide bonds. The van der Waals surface area contributed by atoms with Crippen molar-refractivity contribution in [3.63, 3.8) is 0 Å². The van der Waals surface area contributed by atoms with Gasteiger partial charge in [0.05, 0.1) is 0 Å². The molecule has 0 aliphatic heterocycles. The Balaban J connectivity index is 2.83. The van der Waals surface area contributed by atoms with E-state index in [2.05, 4.69) is 0 Å². The highest BCUT2D eigenvalue weighted by molar-refractivity contribution is 7.93.